The summed E-state index contributed by atoms with van der Waals surface area (Å²) in [5.41, 5.74) is 9.06. The SMILES string of the molecule is CN(Cc1ccccc1)C(=O)c1cc2cc(N)ccc2[nH]1. The lowest BCUT2D eigenvalue weighted by atomic mass is 10.2. The second-order valence-corrected chi connectivity index (χ2v) is 5.18. The minimum absolute atomic E-state index is 0.0337. The molecule has 106 valence electrons. The van der Waals surface area contributed by atoms with Crippen LogP contribution in [0.3, 0.4) is 0 Å². The zero-order valence-corrected chi connectivity index (χ0v) is 11.8. The first-order valence-electron chi connectivity index (χ1n) is 6.81. The summed E-state index contributed by atoms with van der Waals surface area (Å²) in [6, 6.07) is 17.3. The number of hydrogen-bond donors (Lipinski definition) is 2. The maximum atomic E-state index is 12.5. The minimum atomic E-state index is -0.0337. The first-order chi connectivity index (χ1) is 10.1. The average Bonchev–Trinajstić information content (AvgIpc) is 2.90. The molecule has 0 unspecified atom stereocenters. The van der Waals surface area contributed by atoms with Crippen molar-refractivity contribution in [2.24, 2.45) is 0 Å². The second-order valence-electron chi connectivity index (χ2n) is 5.18. The number of nitrogens with zero attached hydrogens (tertiary/aromatic N) is 1. The Morgan fingerprint density at radius 3 is 2.67 bits per heavy atom. The van der Waals surface area contributed by atoms with Gasteiger partial charge in [-0.25, -0.2) is 0 Å². The number of amides is 1. The van der Waals surface area contributed by atoms with Gasteiger partial charge in [0.05, 0.1) is 0 Å². The van der Waals surface area contributed by atoms with Crippen molar-refractivity contribution in [2.75, 3.05) is 12.8 Å². The van der Waals surface area contributed by atoms with E-state index < -0.39 is 0 Å². The van der Waals surface area contributed by atoms with Gasteiger partial charge in [0.15, 0.2) is 0 Å². The number of H-pyrrole nitrogens is 1. The number of anilines is 1. The maximum absolute atomic E-state index is 12.5. The summed E-state index contributed by atoms with van der Waals surface area (Å²) >= 11 is 0. The fourth-order valence-corrected chi connectivity index (χ4v) is 2.40. The van der Waals surface area contributed by atoms with Crippen LogP contribution >= 0.6 is 0 Å². The highest BCUT2D eigenvalue weighted by molar-refractivity contribution is 5.98. The van der Waals surface area contributed by atoms with Crippen molar-refractivity contribution < 1.29 is 4.79 Å². The van der Waals surface area contributed by atoms with Crippen molar-refractivity contribution >= 4 is 22.5 Å². The highest BCUT2D eigenvalue weighted by Crippen LogP contribution is 2.19. The van der Waals surface area contributed by atoms with E-state index in [1.807, 2.05) is 54.6 Å². The molecule has 0 aliphatic heterocycles. The molecule has 3 rings (SSSR count). The topological polar surface area (TPSA) is 62.1 Å². The van der Waals surface area contributed by atoms with Gasteiger partial charge >= 0.3 is 0 Å². The Labute approximate surface area is 123 Å². The monoisotopic (exact) mass is 279 g/mol. The smallest absolute Gasteiger partial charge is 0.270 e. The van der Waals surface area contributed by atoms with E-state index in [0.717, 1.165) is 16.5 Å². The van der Waals surface area contributed by atoms with Gasteiger partial charge in [-0.2, -0.15) is 0 Å². The summed E-state index contributed by atoms with van der Waals surface area (Å²) in [7, 11) is 1.80. The number of hydrogen-bond acceptors (Lipinski definition) is 2. The normalized spacial score (nSPS) is 10.7. The Balaban J connectivity index is 1.82. The highest BCUT2D eigenvalue weighted by atomic mass is 16.2. The number of nitrogen functional groups attached to an aromatic ring is 1. The quantitative estimate of drug-likeness (QED) is 0.724. The predicted octanol–water partition coefficient (Wildman–Crippen LogP) is 3.02. The van der Waals surface area contributed by atoms with E-state index >= 15 is 0 Å². The van der Waals surface area contributed by atoms with Gasteiger partial charge in [-0.1, -0.05) is 30.3 Å². The van der Waals surface area contributed by atoms with Crippen LogP contribution < -0.4 is 5.73 Å². The average molecular weight is 279 g/mol. The van der Waals surface area contributed by atoms with Crippen molar-refractivity contribution in [1.29, 1.82) is 0 Å². The number of carbonyl (C=O) groups is 1. The van der Waals surface area contributed by atoms with Gasteiger partial charge in [0.25, 0.3) is 5.91 Å². The lowest BCUT2D eigenvalue weighted by Gasteiger charge is -2.16. The lowest BCUT2D eigenvalue weighted by molar-refractivity contribution is 0.0780. The summed E-state index contributed by atoms with van der Waals surface area (Å²) in [6.45, 7) is 0.581. The molecule has 1 aromatic heterocycles. The van der Waals surface area contributed by atoms with Crippen molar-refractivity contribution in [3.8, 4) is 0 Å². The fourth-order valence-electron chi connectivity index (χ4n) is 2.40. The van der Waals surface area contributed by atoms with Crippen LogP contribution in [0, 0.1) is 0 Å². The number of rotatable bonds is 3. The third kappa shape index (κ3) is 2.74. The molecular weight excluding hydrogens is 262 g/mol. The fraction of sp³-hybridized carbons (Fsp3) is 0.118. The summed E-state index contributed by atoms with van der Waals surface area (Å²) in [6.07, 6.45) is 0. The van der Waals surface area contributed by atoms with E-state index in [-0.39, 0.29) is 5.91 Å². The molecule has 0 aliphatic rings. The molecule has 0 spiro atoms. The number of benzene rings is 2. The van der Waals surface area contributed by atoms with Crippen molar-refractivity contribution in [2.45, 2.75) is 6.54 Å². The molecule has 3 N–H and O–H groups in total. The van der Waals surface area contributed by atoms with Crippen LogP contribution in [0.2, 0.25) is 0 Å². The Morgan fingerprint density at radius 1 is 1.14 bits per heavy atom. The molecule has 0 radical (unpaired) electrons. The van der Waals surface area contributed by atoms with E-state index in [4.69, 9.17) is 5.73 Å². The number of carbonyl (C=O) groups excluding carboxylic acids is 1. The van der Waals surface area contributed by atoms with Crippen LogP contribution in [0.5, 0.6) is 0 Å². The molecule has 4 heteroatoms. The Bertz CT molecular complexity index is 777. The largest absolute Gasteiger partial charge is 0.399 e. The molecule has 0 aliphatic carbocycles. The van der Waals surface area contributed by atoms with Gasteiger partial charge in [0.2, 0.25) is 0 Å². The highest BCUT2D eigenvalue weighted by Gasteiger charge is 2.14. The number of aromatic amines is 1. The van der Waals surface area contributed by atoms with Crippen LogP contribution in [0.4, 0.5) is 5.69 Å². The first-order valence-corrected chi connectivity index (χ1v) is 6.81. The number of fused-ring (bicyclic) bond motifs is 1. The van der Waals surface area contributed by atoms with Crippen LogP contribution in [-0.4, -0.2) is 22.8 Å². The molecule has 4 nitrogen and oxygen atoms in total. The Kier molecular flexibility index (Phi) is 3.36. The zero-order chi connectivity index (χ0) is 14.8. The summed E-state index contributed by atoms with van der Waals surface area (Å²) in [5.74, 6) is -0.0337. The number of aromatic nitrogens is 1. The molecule has 21 heavy (non-hydrogen) atoms. The zero-order valence-electron chi connectivity index (χ0n) is 11.8. The third-order valence-corrected chi connectivity index (χ3v) is 3.48. The minimum Gasteiger partial charge on any atom is -0.399 e. The van der Waals surface area contributed by atoms with Gasteiger partial charge < -0.3 is 15.6 Å². The molecule has 0 atom stereocenters. The van der Waals surface area contributed by atoms with Crippen LogP contribution in [0.25, 0.3) is 10.9 Å². The van der Waals surface area contributed by atoms with E-state index in [1.54, 1.807) is 11.9 Å². The molecule has 0 saturated heterocycles. The Morgan fingerprint density at radius 2 is 1.90 bits per heavy atom. The molecule has 0 fully saturated rings. The lowest BCUT2D eigenvalue weighted by Crippen LogP contribution is -2.26. The van der Waals surface area contributed by atoms with Crippen molar-refractivity contribution in [3.05, 3.63) is 65.9 Å². The molecule has 0 bridgehead atoms. The summed E-state index contributed by atoms with van der Waals surface area (Å²) in [4.78, 5) is 17.3. The van der Waals surface area contributed by atoms with Crippen molar-refractivity contribution in [1.82, 2.24) is 9.88 Å². The van der Waals surface area contributed by atoms with Gasteiger partial charge in [0.1, 0.15) is 5.69 Å². The van der Waals surface area contributed by atoms with E-state index in [9.17, 15) is 4.79 Å². The molecular formula is C17H17N3O. The number of nitrogens with two attached hydrogens (primary N) is 1. The van der Waals surface area contributed by atoms with Crippen LogP contribution in [-0.2, 0) is 6.54 Å². The predicted molar refractivity (Wildman–Crippen MR) is 85.0 cm³/mol. The van der Waals surface area contributed by atoms with Crippen molar-refractivity contribution in [3.63, 3.8) is 0 Å². The Hall–Kier alpha value is -2.75. The summed E-state index contributed by atoms with van der Waals surface area (Å²) in [5, 5.41) is 0.950. The molecule has 3 aromatic rings. The number of nitrogens with one attached hydrogen (secondary N) is 1. The summed E-state index contributed by atoms with van der Waals surface area (Å²) < 4.78 is 0. The maximum Gasteiger partial charge on any atom is 0.270 e. The van der Waals surface area contributed by atoms with Gasteiger partial charge in [-0.15, -0.1) is 0 Å². The molecule has 0 saturated carbocycles. The van der Waals surface area contributed by atoms with Gasteiger partial charge in [0, 0.05) is 30.2 Å². The van der Waals surface area contributed by atoms with E-state index in [0.29, 0.717) is 17.9 Å². The molecule has 1 heterocycles. The van der Waals surface area contributed by atoms with E-state index in [1.165, 1.54) is 0 Å². The van der Waals surface area contributed by atoms with Gasteiger partial charge in [-0.05, 0) is 29.8 Å². The van der Waals surface area contributed by atoms with E-state index in [2.05, 4.69) is 4.98 Å². The second kappa shape index (κ2) is 5.32. The van der Waals surface area contributed by atoms with Crippen LogP contribution in [0.1, 0.15) is 16.1 Å². The standard InChI is InChI=1S/C17H17N3O/c1-20(11-12-5-3-2-4-6-12)17(21)16-10-13-9-14(18)7-8-15(13)19-16/h2-10,19H,11,18H2,1H3. The molecule has 1 amide bonds. The third-order valence-electron chi connectivity index (χ3n) is 3.48. The van der Waals surface area contributed by atoms with Crippen LogP contribution in [0.15, 0.2) is 54.6 Å². The first kappa shape index (κ1) is 13.2. The van der Waals surface area contributed by atoms with Gasteiger partial charge in [-0.3, -0.25) is 4.79 Å². The molecule has 2 aromatic carbocycles.